The first kappa shape index (κ1) is 15.7. The lowest BCUT2D eigenvalue weighted by atomic mass is 9.98. The largest absolute Gasteiger partial charge is 0.493 e. The van der Waals surface area contributed by atoms with E-state index >= 15 is 0 Å². The van der Waals surface area contributed by atoms with Gasteiger partial charge in [0.1, 0.15) is 6.61 Å². The number of benzene rings is 2. The summed E-state index contributed by atoms with van der Waals surface area (Å²) in [7, 11) is 1.67. The fraction of sp³-hybridized carbons (Fsp3) is 0.294. The van der Waals surface area contributed by atoms with E-state index < -0.39 is 0 Å². The maximum absolute atomic E-state index is 5.92. The Morgan fingerprint density at radius 3 is 2.48 bits per heavy atom. The molecule has 1 saturated heterocycles. The molecular formula is C17H20ClNO2. The average Bonchev–Trinajstić information content (AvgIpc) is 2.45. The second-order valence-electron chi connectivity index (χ2n) is 4.98. The summed E-state index contributed by atoms with van der Waals surface area (Å²) in [5.74, 6) is 1.59. The molecule has 4 heteroatoms. The van der Waals surface area contributed by atoms with E-state index in [-0.39, 0.29) is 12.4 Å². The lowest BCUT2D eigenvalue weighted by Gasteiger charge is -2.28. The molecule has 0 bridgehead atoms. The van der Waals surface area contributed by atoms with E-state index in [1.807, 2.05) is 24.3 Å². The monoisotopic (exact) mass is 305 g/mol. The lowest BCUT2D eigenvalue weighted by molar-refractivity contribution is 0.283. The fourth-order valence-corrected chi connectivity index (χ4v) is 2.33. The van der Waals surface area contributed by atoms with Gasteiger partial charge in [-0.25, -0.2) is 0 Å². The number of hydrogen-bond donors (Lipinski definition) is 1. The summed E-state index contributed by atoms with van der Waals surface area (Å²) >= 11 is 0. The quantitative estimate of drug-likeness (QED) is 0.913. The predicted octanol–water partition coefficient (Wildman–Crippen LogP) is 3.73. The van der Waals surface area contributed by atoms with Crippen molar-refractivity contribution in [2.45, 2.75) is 19.1 Å². The van der Waals surface area contributed by atoms with Crippen molar-refractivity contribution in [2.24, 2.45) is 0 Å². The van der Waals surface area contributed by atoms with Gasteiger partial charge in [-0.2, -0.15) is 0 Å². The molecule has 0 aromatic heterocycles. The van der Waals surface area contributed by atoms with Crippen LogP contribution in [0.25, 0.3) is 0 Å². The summed E-state index contributed by atoms with van der Waals surface area (Å²) in [4.78, 5) is 0. The molecule has 1 aliphatic heterocycles. The number of halogens is 1. The van der Waals surface area contributed by atoms with E-state index in [9.17, 15) is 0 Å². The Morgan fingerprint density at radius 1 is 1.10 bits per heavy atom. The molecule has 0 unspecified atom stereocenters. The first-order valence-electron chi connectivity index (χ1n) is 6.95. The van der Waals surface area contributed by atoms with Crippen LogP contribution in [0.1, 0.15) is 23.6 Å². The number of nitrogens with one attached hydrogen (secondary N) is 1. The first-order chi connectivity index (χ1) is 9.86. The molecule has 0 radical (unpaired) electrons. The Hall–Kier alpha value is -1.71. The Morgan fingerprint density at radius 2 is 1.86 bits per heavy atom. The number of methoxy groups -OCH3 is 1. The molecule has 112 valence electrons. The Kier molecular flexibility index (Phi) is 5.48. The van der Waals surface area contributed by atoms with Gasteiger partial charge in [0.15, 0.2) is 11.5 Å². The summed E-state index contributed by atoms with van der Waals surface area (Å²) in [5, 5.41) is 3.40. The molecule has 1 fully saturated rings. The van der Waals surface area contributed by atoms with Crippen LogP contribution in [-0.2, 0) is 6.61 Å². The van der Waals surface area contributed by atoms with Crippen molar-refractivity contribution >= 4 is 12.4 Å². The summed E-state index contributed by atoms with van der Waals surface area (Å²) in [6.45, 7) is 1.65. The minimum absolute atomic E-state index is 0. The standard InChI is InChI=1S/C17H19NO2.ClH/c1-19-16-8-7-14(15-9-10-18-15)11-17(16)20-12-13-5-3-2-4-6-13;/h2-8,11,15,18H,9-10,12H2,1H3;1H/t15-;/m0./s1. The third kappa shape index (κ3) is 3.69. The molecule has 21 heavy (non-hydrogen) atoms. The van der Waals surface area contributed by atoms with E-state index in [4.69, 9.17) is 9.47 Å². The molecular weight excluding hydrogens is 286 g/mol. The van der Waals surface area contributed by atoms with Gasteiger partial charge in [0, 0.05) is 6.04 Å². The van der Waals surface area contributed by atoms with Gasteiger partial charge in [0.05, 0.1) is 7.11 Å². The Bertz CT molecular complexity index is 570. The van der Waals surface area contributed by atoms with Crippen LogP contribution < -0.4 is 14.8 Å². The molecule has 3 nitrogen and oxygen atoms in total. The minimum Gasteiger partial charge on any atom is -0.493 e. The zero-order valence-electron chi connectivity index (χ0n) is 12.0. The molecule has 2 aromatic carbocycles. The minimum atomic E-state index is 0. The van der Waals surface area contributed by atoms with Gasteiger partial charge in [-0.05, 0) is 36.2 Å². The lowest BCUT2D eigenvalue weighted by Crippen LogP contribution is -2.34. The molecule has 0 aliphatic carbocycles. The third-order valence-electron chi connectivity index (χ3n) is 3.65. The molecule has 1 N–H and O–H groups in total. The summed E-state index contributed by atoms with van der Waals surface area (Å²) in [6.07, 6.45) is 1.18. The molecule has 2 aromatic rings. The highest BCUT2D eigenvalue weighted by Gasteiger charge is 2.19. The van der Waals surface area contributed by atoms with Gasteiger partial charge < -0.3 is 14.8 Å². The first-order valence-corrected chi connectivity index (χ1v) is 6.95. The molecule has 1 heterocycles. The van der Waals surface area contributed by atoms with Gasteiger partial charge in [-0.1, -0.05) is 36.4 Å². The number of hydrogen-bond acceptors (Lipinski definition) is 3. The maximum Gasteiger partial charge on any atom is 0.161 e. The third-order valence-corrected chi connectivity index (χ3v) is 3.65. The van der Waals surface area contributed by atoms with Crippen LogP contribution in [0.3, 0.4) is 0 Å². The molecule has 0 saturated carbocycles. The van der Waals surface area contributed by atoms with Crippen LogP contribution >= 0.6 is 12.4 Å². The van der Waals surface area contributed by atoms with Gasteiger partial charge in [0.2, 0.25) is 0 Å². The van der Waals surface area contributed by atoms with Gasteiger partial charge in [-0.3, -0.25) is 0 Å². The van der Waals surface area contributed by atoms with Crippen LogP contribution in [-0.4, -0.2) is 13.7 Å². The summed E-state index contributed by atoms with van der Waals surface area (Å²) in [5.41, 5.74) is 2.42. The zero-order valence-corrected chi connectivity index (χ0v) is 12.9. The fourth-order valence-electron chi connectivity index (χ4n) is 2.33. The SMILES string of the molecule is COc1ccc([C@@H]2CCN2)cc1OCc1ccccc1.Cl. The highest BCUT2D eigenvalue weighted by atomic mass is 35.5. The Balaban J connectivity index is 0.00000161. The highest BCUT2D eigenvalue weighted by Crippen LogP contribution is 2.33. The van der Waals surface area contributed by atoms with Crippen LogP contribution in [0.5, 0.6) is 11.5 Å². The van der Waals surface area contributed by atoms with Crippen molar-refractivity contribution in [2.75, 3.05) is 13.7 Å². The topological polar surface area (TPSA) is 30.5 Å². The molecule has 3 rings (SSSR count). The van der Waals surface area contributed by atoms with E-state index in [0.29, 0.717) is 12.6 Å². The predicted molar refractivity (Wildman–Crippen MR) is 86.4 cm³/mol. The van der Waals surface area contributed by atoms with E-state index in [0.717, 1.165) is 23.6 Å². The zero-order chi connectivity index (χ0) is 13.8. The van der Waals surface area contributed by atoms with Crippen molar-refractivity contribution < 1.29 is 9.47 Å². The number of rotatable bonds is 5. The van der Waals surface area contributed by atoms with Crippen LogP contribution in [0, 0.1) is 0 Å². The smallest absolute Gasteiger partial charge is 0.161 e. The maximum atomic E-state index is 5.92. The molecule has 0 amide bonds. The van der Waals surface area contributed by atoms with Crippen molar-refractivity contribution in [1.29, 1.82) is 0 Å². The number of ether oxygens (including phenoxy) is 2. The van der Waals surface area contributed by atoms with Crippen molar-refractivity contribution in [3.63, 3.8) is 0 Å². The van der Waals surface area contributed by atoms with Crippen molar-refractivity contribution in [3.05, 3.63) is 59.7 Å². The molecule has 1 atom stereocenters. The van der Waals surface area contributed by atoms with Crippen molar-refractivity contribution in [1.82, 2.24) is 5.32 Å². The second-order valence-corrected chi connectivity index (χ2v) is 4.98. The molecule has 0 spiro atoms. The van der Waals surface area contributed by atoms with Crippen LogP contribution in [0.15, 0.2) is 48.5 Å². The second kappa shape index (κ2) is 7.34. The van der Waals surface area contributed by atoms with Crippen molar-refractivity contribution in [3.8, 4) is 11.5 Å². The summed E-state index contributed by atoms with van der Waals surface area (Å²) < 4.78 is 11.3. The van der Waals surface area contributed by atoms with Crippen LogP contribution in [0.2, 0.25) is 0 Å². The van der Waals surface area contributed by atoms with Gasteiger partial charge in [0.25, 0.3) is 0 Å². The van der Waals surface area contributed by atoms with Crippen LogP contribution in [0.4, 0.5) is 0 Å². The highest BCUT2D eigenvalue weighted by molar-refractivity contribution is 5.85. The van der Waals surface area contributed by atoms with E-state index in [2.05, 4.69) is 29.6 Å². The van der Waals surface area contributed by atoms with Gasteiger partial charge >= 0.3 is 0 Å². The normalized spacial score (nSPS) is 16.5. The van der Waals surface area contributed by atoms with E-state index in [1.165, 1.54) is 12.0 Å². The van der Waals surface area contributed by atoms with Gasteiger partial charge in [-0.15, -0.1) is 12.4 Å². The van der Waals surface area contributed by atoms with E-state index in [1.54, 1.807) is 7.11 Å². The average molecular weight is 306 g/mol. The molecule has 1 aliphatic rings. The summed E-state index contributed by atoms with van der Waals surface area (Å²) in [6, 6.07) is 16.8. The Labute approximate surface area is 131 Å².